The molecule has 0 saturated heterocycles. The number of aromatic nitrogens is 6. The van der Waals surface area contributed by atoms with Crippen LogP contribution in [0.4, 0.5) is 0 Å². The molecule has 5 heterocycles. The van der Waals surface area contributed by atoms with E-state index in [9.17, 15) is 0 Å². The van der Waals surface area contributed by atoms with Crippen molar-refractivity contribution in [2.45, 2.75) is 0 Å². The summed E-state index contributed by atoms with van der Waals surface area (Å²) in [6.45, 7) is 0. The molecule has 0 aliphatic rings. The molecule has 0 bridgehead atoms. The molecule has 6 nitrogen and oxygen atoms in total. The fraction of sp³-hybridized carbons (Fsp3) is 0. The Morgan fingerprint density at radius 2 is 0.383 bits per heavy atom. The molecular formula is C120H74Ir2N6. The van der Waals surface area contributed by atoms with Gasteiger partial charge in [-0.3, -0.25) is 12.1 Å². The van der Waals surface area contributed by atoms with Gasteiger partial charge in [-0.05, 0) is 199 Å². The third-order valence-electron chi connectivity index (χ3n) is 23.4. The monoisotopic (exact) mass is 1980 g/mol. The predicted octanol–water partition coefficient (Wildman–Crippen LogP) is 30.2. The molecule has 21 rings (SSSR count). The molecule has 602 valence electrons. The second-order valence-electron chi connectivity index (χ2n) is 31.0. The SMILES string of the molecule is [Ir+3].[Ir+3].[c-]1ccc[c-]c1-c1ncc(-c2c(-c3cc(-c4ccccc4-c4cnc(-c5[c-]cccc5)cc4-c4ccccc4)cc(-c4ccccc4-c4cnc(-c5[c-]cccc5)cc4-c4ccccc4)c3)cccc2-c2cc(-c3ccccc3-c3cnc(-c4[c-]cccc4)cc3-c3ccccc3)cc(-c3ccccc3-c3cnc(-c4[c-]cccc4)cc3-c3ccccc3)c2)cn1. The molecule has 16 aromatic carbocycles. The normalized spacial score (nSPS) is 11.0. The summed E-state index contributed by atoms with van der Waals surface area (Å²) in [5.74, 6) is 0.505. The van der Waals surface area contributed by atoms with Crippen LogP contribution in [0, 0.1) is 36.4 Å². The van der Waals surface area contributed by atoms with Crippen LogP contribution < -0.4 is 0 Å². The molecule has 0 atom stereocenters. The quantitative estimate of drug-likeness (QED) is 0.0708. The summed E-state index contributed by atoms with van der Waals surface area (Å²) >= 11 is 0. The summed E-state index contributed by atoms with van der Waals surface area (Å²) in [6, 6.07) is 166. The van der Waals surface area contributed by atoms with Crippen molar-refractivity contribution < 1.29 is 40.2 Å². The first-order valence-corrected chi connectivity index (χ1v) is 42.1. The Hall–Kier alpha value is -15.5. The van der Waals surface area contributed by atoms with Gasteiger partial charge in [-0.1, -0.05) is 261 Å². The Morgan fingerprint density at radius 1 is 0.148 bits per heavy atom. The molecular weight excluding hydrogens is 1910 g/mol. The Bertz CT molecular complexity index is 6730. The number of pyridine rings is 4. The molecule has 21 aromatic rings. The standard InChI is InChI=1S/C120H74N6.2Ir/c1-10-37-81(38-11-1)107-71-115(85-45-18-5-19-46-85)121-77-111(107)103-59-32-28-55-97(103)90-65-91(98-56-29-33-60-104(98)112-78-122-116(86-47-20-6-21-48-86)72-108(112)82-39-12-2-13-40-82)68-94(67-90)101-63-36-64-102(119(101)96-75-125-120(126-76-96)89-53-26-9-27-54-89)95-69-92(99-57-30-34-61-105(99)113-79-123-117(87-49-22-7-23-50-87)73-109(113)83-41-14-3-15-42-83)66-93(70-95)100-58-31-35-62-106(100)114-80-124-118(88-51-24-8-25-52-88)74-110(114)84-43-16-4-17-44-84;;/h1-45,47,49,51,55-80H;;/q-6;2*+3. The summed E-state index contributed by atoms with van der Waals surface area (Å²) in [6.07, 6.45) is 12.1. The molecule has 128 heavy (non-hydrogen) atoms. The average molecular weight is 1980 g/mol. The van der Waals surface area contributed by atoms with Gasteiger partial charge in [0.1, 0.15) is 0 Å². The van der Waals surface area contributed by atoms with E-state index in [1.54, 1.807) is 0 Å². The Labute approximate surface area is 773 Å². The van der Waals surface area contributed by atoms with Crippen molar-refractivity contribution in [3.05, 3.63) is 486 Å². The van der Waals surface area contributed by atoms with Crippen LogP contribution in [-0.2, 0) is 40.2 Å². The number of benzene rings is 16. The van der Waals surface area contributed by atoms with E-state index < -0.39 is 0 Å². The molecule has 8 heteroatoms. The topological polar surface area (TPSA) is 77.3 Å². The first-order chi connectivity index (χ1) is 62.5. The van der Waals surface area contributed by atoms with Crippen molar-refractivity contribution in [3.63, 3.8) is 0 Å². The first kappa shape index (κ1) is 82.1. The maximum Gasteiger partial charge on any atom is 3.00 e. The van der Waals surface area contributed by atoms with Crippen LogP contribution in [0.3, 0.4) is 0 Å². The summed E-state index contributed by atoms with van der Waals surface area (Å²) in [7, 11) is 0. The van der Waals surface area contributed by atoms with Gasteiger partial charge in [-0.25, -0.2) is 23.8 Å². The van der Waals surface area contributed by atoms with Gasteiger partial charge >= 0.3 is 40.2 Å². The summed E-state index contributed by atoms with van der Waals surface area (Å²) in [4.78, 5) is 31.6. The van der Waals surface area contributed by atoms with Crippen molar-refractivity contribution in [3.8, 4) is 223 Å². The predicted molar refractivity (Wildman–Crippen MR) is 515 cm³/mol. The minimum atomic E-state index is 0. The molecule has 5 aromatic heterocycles. The molecule has 0 radical (unpaired) electrons. The largest absolute Gasteiger partial charge is 3.00 e. The van der Waals surface area contributed by atoms with Crippen molar-refractivity contribution >= 4 is 0 Å². The van der Waals surface area contributed by atoms with Crippen LogP contribution in [0.25, 0.3) is 223 Å². The van der Waals surface area contributed by atoms with Gasteiger partial charge < -0.3 is 29.9 Å². The van der Waals surface area contributed by atoms with Crippen molar-refractivity contribution in [1.29, 1.82) is 0 Å². The van der Waals surface area contributed by atoms with Crippen LogP contribution in [0.1, 0.15) is 0 Å². The zero-order valence-corrected chi connectivity index (χ0v) is 73.9. The second-order valence-corrected chi connectivity index (χ2v) is 31.0. The molecule has 0 aliphatic carbocycles. The molecule has 0 unspecified atom stereocenters. The molecule has 0 spiro atoms. The molecule has 0 amide bonds. The van der Waals surface area contributed by atoms with Gasteiger partial charge in [0, 0.05) is 70.6 Å². The van der Waals surface area contributed by atoms with Gasteiger partial charge in [0.15, 0.2) is 0 Å². The Balaban J connectivity index is 0.00000533. The van der Waals surface area contributed by atoms with E-state index in [1.165, 1.54) is 0 Å². The minimum Gasteiger partial charge on any atom is -0.332 e. The van der Waals surface area contributed by atoms with Gasteiger partial charge in [0.05, 0.1) is 0 Å². The van der Waals surface area contributed by atoms with Gasteiger partial charge in [0.2, 0.25) is 0 Å². The van der Waals surface area contributed by atoms with Gasteiger partial charge in [0.25, 0.3) is 0 Å². The third kappa shape index (κ3) is 16.8. The first-order valence-electron chi connectivity index (χ1n) is 42.1. The van der Waals surface area contributed by atoms with Crippen molar-refractivity contribution in [2.24, 2.45) is 0 Å². The van der Waals surface area contributed by atoms with E-state index >= 15 is 0 Å². The van der Waals surface area contributed by atoms with Crippen LogP contribution in [0.5, 0.6) is 0 Å². The van der Waals surface area contributed by atoms with E-state index in [2.05, 4.69) is 358 Å². The van der Waals surface area contributed by atoms with Crippen molar-refractivity contribution in [2.75, 3.05) is 0 Å². The second kappa shape index (κ2) is 37.5. The third-order valence-corrected chi connectivity index (χ3v) is 23.4. The van der Waals surface area contributed by atoms with E-state index in [0.29, 0.717) is 11.4 Å². The summed E-state index contributed by atoms with van der Waals surface area (Å²) in [5.41, 5.74) is 37.5. The Morgan fingerprint density at radius 3 is 0.648 bits per heavy atom. The van der Waals surface area contributed by atoms with Crippen LogP contribution in [0.2, 0.25) is 0 Å². The van der Waals surface area contributed by atoms with E-state index in [1.807, 2.05) is 128 Å². The number of hydrogen-bond donors (Lipinski definition) is 0. The van der Waals surface area contributed by atoms with Crippen LogP contribution in [0.15, 0.2) is 450 Å². The fourth-order valence-corrected chi connectivity index (χ4v) is 17.4. The minimum absolute atomic E-state index is 0. The maximum atomic E-state index is 5.28. The van der Waals surface area contributed by atoms with E-state index in [0.717, 1.165) is 212 Å². The summed E-state index contributed by atoms with van der Waals surface area (Å²) in [5, 5.41) is 0. The molecule has 0 saturated carbocycles. The molecule has 0 N–H and O–H groups in total. The zero-order valence-electron chi connectivity index (χ0n) is 69.1. The Kier molecular flexibility index (Phi) is 24.1. The van der Waals surface area contributed by atoms with Crippen molar-refractivity contribution in [1.82, 2.24) is 29.9 Å². The number of hydrogen-bond acceptors (Lipinski definition) is 6. The van der Waals surface area contributed by atoms with Crippen LogP contribution in [-0.4, -0.2) is 29.9 Å². The van der Waals surface area contributed by atoms with Gasteiger partial charge in [-0.15, -0.1) is 144 Å². The van der Waals surface area contributed by atoms with Gasteiger partial charge in [-0.2, -0.15) is 0 Å². The summed E-state index contributed by atoms with van der Waals surface area (Å²) < 4.78 is 0. The zero-order chi connectivity index (χ0) is 83.9. The molecule has 0 aliphatic heterocycles. The maximum absolute atomic E-state index is 5.28. The molecule has 0 fully saturated rings. The van der Waals surface area contributed by atoms with E-state index in [-0.39, 0.29) is 40.2 Å². The number of rotatable bonds is 20. The smallest absolute Gasteiger partial charge is 0.332 e. The number of nitrogens with zero attached hydrogens (tertiary/aromatic N) is 6. The van der Waals surface area contributed by atoms with E-state index in [4.69, 9.17) is 29.9 Å². The van der Waals surface area contributed by atoms with Crippen LogP contribution >= 0.6 is 0 Å². The fourth-order valence-electron chi connectivity index (χ4n) is 17.4. The average Bonchev–Trinajstić information content (AvgIpc) is 0.745.